The summed E-state index contributed by atoms with van der Waals surface area (Å²) in [6, 6.07) is 3.97. The molecule has 1 aliphatic heterocycles. The predicted molar refractivity (Wildman–Crippen MR) is 62.2 cm³/mol. The van der Waals surface area contributed by atoms with Gasteiger partial charge in [0.2, 0.25) is 0 Å². The zero-order chi connectivity index (χ0) is 11.4. The Labute approximate surface area is 96.0 Å². The predicted octanol–water partition coefficient (Wildman–Crippen LogP) is 1.57. The number of methoxy groups -OCH3 is 2. The Kier molecular flexibility index (Phi) is 3.62. The molecule has 16 heavy (non-hydrogen) atoms. The molecule has 1 saturated heterocycles. The lowest BCUT2D eigenvalue weighted by atomic mass is 9.94. The molecule has 1 aliphatic rings. The molecule has 0 aliphatic carbocycles. The molecule has 0 aromatic carbocycles. The Bertz CT molecular complexity index is 349. The molecule has 1 aromatic rings. The summed E-state index contributed by atoms with van der Waals surface area (Å²) in [7, 11) is 3.25. The van der Waals surface area contributed by atoms with Crippen LogP contribution in [0.2, 0.25) is 0 Å². The third-order valence-corrected chi connectivity index (χ3v) is 3.02. The average molecular weight is 222 g/mol. The molecule has 1 aromatic heterocycles. The minimum absolute atomic E-state index is 0.543. The summed E-state index contributed by atoms with van der Waals surface area (Å²) in [6.07, 6.45) is 2.28. The van der Waals surface area contributed by atoms with Gasteiger partial charge in [0.15, 0.2) is 5.75 Å². The van der Waals surface area contributed by atoms with Gasteiger partial charge in [-0.25, -0.2) is 4.98 Å². The van der Waals surface area contributed by atoms with Gasteiger partial charge in [-0.05, 0) is 38.1 Å². The van der Waals surface area contributed by atoms with Crippen LogP contribution in [0.15, 0.2) is 12.1 Å². The van der Waals surface area contributed by atoms with E-state index in [1.54, 1.807) is 14.2 Å². The normalized spacial score (nSPS) is 17.1. The van der Waals surface area contributed by atoms with Crippen molar-refractivity contribution in [1.29, 1.82) is 0 Å². The molecule has 0 spiro atoms. The molecule has 2 rings (SSSR count). The molecule has 1 N–H and O–H groups in total. The maximum absolute atomic E-state index is 5.22. The second kappa shape index (κ2) is 5.16. The van der Waals surface area contributed by atoms with Gasteiger partial charge in [0.1, 0.15) is 0 Å². The van der Waals surface area contributed by atoms with Crippen LogP contribution in [0.5, 0.6) is 11.6 Å². The molecule has 88 valence electrons. The van der Waals surface area contributed by atoms with Crippen molar-refractivity contribution in [2.75, 3.05) is 27.3 Å². The standard InChI is InChI=1S/C12H18N2O2/c1-15-11-4-3-10(14-12(11)16-2)9-5-7-13-8-6-9/h3-4,9,13H,5-8H2,1-2H3. The molecular weight excluding hydrogens is 204 g/mol. The Morgan fingerprint density at radius 3 is 2.56 bits per heavy atom. The number of ether oxygens (including phenoxy) is 2. The number of nitrogens with zero attached hydrogens (tertiary/aromatic N) is 1. The Hall–Kier alpha value is -1.29. The van der Waals surface area contributed by atoms with E-state index in [9.17, 15) is 0 Å². The highest BCUT2D eigenvalue weighted by atomic mass is 16.5. The summed E-state index contributed by atoms with van der Waals surface area (Å²) >= 11 is 0. The fourth-order valence-corrected chi connectivity index (χ4v) is 2.09. The van der Waals surface area contributed by atoms with Crippen LogP contribution >= 0.6 is 0 Å². The van der Waals surface area contributed by atoms with Crippen molar-refractivity contribution in [3.63, 3.8) is 0 Å². The van der Waals surface area contributed by atoms with Crippen molar-refractivity contribution in [2.45, 2.75) is 18.8 Å². The fraction of sp³-hybridized carbons (Fsp3) is 0.583. The summed E-state index contributed by atoms with van der Waals surface area (Å²) in [4.78, 5) is 4.51. The van der Waals surface area contributed by atoms with E-state index in [0.717, 1.165) is 31.6 Å². The van der Waals surface area contributed by atoms with E-state index >= 15 is 0 Å². The van der Waals surface area contributed by atoms with Crippen molar-refractivity contribution in [3.05, 3.63) is 17.8 Å². The molecule has 1 fully saturated rings. The van der Waals surface area contributed by atoms with Crippen LogP contribution in [0.4, 0.5) is 0 Å². The van der Waals surface area contributed by atoms with Crippen molar-refractivity contribution in [1.82, 2.24) is 10.3 Å². The van der Waals surface area contributed by atoms with Gasteiger partial charge < -0.3 is 14.8 Å². The number of hydrogen-bond acceptors (Lipinski definition) is 4. The lowest BCUT2D eigenvalue weighted by Gasteiger charge is -2.22. The summed E-state index contributed by atoms with van der Waals surface area (Å²) in [5.74, 6) is 1.82. The molecule has 2 heterocycles. The molecule has 0 amide bonds. The Morgan fingerprint density at radius 2 is 1.94 bits per heavy atom. The van der Waals surface area contributed by atoms with Gasteiger partial charge >= 0.3 is 0 Å². The van der Waals surface area contributed by atoms with Crippen LogP contribution < -0.4 is 14.8 Å². The number of pyridine rings is 1. The Morgan fingerprint density at radius 1 is 1.19 bits per heavy atom. The molecule has 0 radical (unpaired) electrons. The van der Waals surface area contributed by atoms with E-state index in [1.807, 2.05) is 12.1 Å². The van der Waals surface area contributed by atoms with Crippen molar-refractivity contribution >= 4 is 0 Å². The summed E-state index contributed by atoms with van der Waals surface area (Å²) in [5.41, 5.74) is 1.11. The quantitative estimate of drug-likeness (QED) is 0.843. The lowest BCUT2D eigenvalue weighted by Crippen LogP contribution is -2.27. The van der Waals surface area contributed by atoms with Crippen LogP contribution in [0, 0.1) is 0 Å². The SMILES string of the molecule is COc1ccc(C2CCNCC2)nc1OC. The maximum atomic E-state index is 5.22. The molecule has 0 saturated carbocycles. The fourth-order valence-electron chi connectivity index (χ4n) is 2.09. The second-order valence-corrected chi connectivity index (χ2v) is 3.97. The first-order chi connectivity index (χ1) is 7.85. The van der Waals surface area contributed by atoms with Gasteiger partial charge in [0, 0.05) is 11.6 Å². The molecule has 4 nitrogen and oxygen atoms in total. The largest absolute Gasteiger partial charge is 0.491 e. The summed E-state index contributed by atoms with van der Waals surface area (Å²) in [6.45, 7) is 2.14. The van der Waals surface area contributed by atoms with Crippen LogP contribution in [0.3, 0.4) is 0 Å². The van der Waals surface area contributed by atoms with Crippen molar-refractivity contribution in [2.24, 2.45) is 0 Å². The van der Waals surface area contributed by atoms with E-state index in [2.05, 4.69) is 10.3 Å². The number of nitrogens with one attached hydrogen (secondary N) is 1. The zero-order valence-electron chi connectivity index (χ0n) is 9.82. The molecule has 0 unspecified atom stereocenters. The monoisotopic (exact) mass is 222 g/mol. The van der Waals surface area contributed by atoms with Gasteiger partial charge in [0.25, 0.3) is 5.88 Å². The number of piperidine rings is 1. The smallest absolute Gasteiger partial charge is 0.256 e. The van der Waals surface area contributed by atoms with Crippen molar-refractivity contribution < 1.29 is 9.47 Å². The minimum Gasteiger partial charge on any atom is -0.491 e. The van der Waals surface area contributed by atoms with Gasteiger partial charge in [-0.2, -0.15) is 0 Å². The average Bonchev–Trinajstić information content (AvgIpc) is 2.39. The van der Waals surface area contributed by atoms with E-state index in [1.165, 1.54) is 0 Å². The van der Waals surface area contributed by atoms with Gasteiger partial charge in [-0.1, -0.05) is 0 Å². The molecule has 4 heteroatoms. The van der Waals surface area contributed by atoms with E-state index in [0.29, 0.717) is 17.5 Å². The number of aromatic nitrogens is 1. The molecule has 0 bridgehead atoms. The van der Waals surface area contributed by atoms with Gasteiger partial charge in [-0.15, -0.1) is 0 Å². The lowest BCUT2D eigenvalue weighted by molar-refractivity contribution is 0.339. The zero-order valence-corrected chi connectivity index (χ0v) is 9.82. The van der Waals surface area contributed by atoms with Gasteiger partial charge in [0.05, 0.1) is 14.2 Å². The second-order valence-electron chi connectivity index (χ2n) is 3.97. The summed E-state index contributed by atoms with van der Waals surface area (Å²) in [5, 5.41) is 3.35. The van der Waals surface area contributed by atoms with E-state index in [4.69, 9.17) is 9.47 Å². The summed E-state index contributed by atoms with van der Waals surface area (Å²) < 4.78 is 10.4. The third-order valence-electron chi connectivity index (χ3n) is 3.02. The Balaban J connectivity index is 2.20. The van der Waals surface area contributed by atoms with Crippen LogP contribution in [0.1, 0.15) is 24.5 Å². The maximum Gasteiger partial charge on any atom is 0.256 e. The van der Waals surface area contributed by atoms with Gasteiger partial charge in [-0.3, -0.25) is 0 Å². The first-order valence-corrected chi connectivity index (χ1v) is 5.64. The van der Waals surface area contributed by atoms with Crippen LogP contribution in [-0.2, 0) is 0 Å². The molecule has 0 atom stereocenters. The molecular formula is C12H18N2O2. The highest BCUT2D eigenvalue weighted by Crippen LogP contribution is 2.30. The van der Waals surface area contributed by atoms with Crippen LogP contribution in [0.25, 0.3) is 0 Å². The van der Waals surface area contributed by atoms with E-state index in [-0.39, 0.29) is 0 Å². The topological polar surface area (TPSA) is 43.4 Å². The van der Waals surface area contributed by atoms with E-state index < -0.39 is 0 Å². The first-order valence-electron chi connectivity index (χ1n) is 5.64. The highest BCUT2D eigenvalue weighted by molar-refractivity contribution is 5.35. The van der Waals surface area contributed by atoms with Crippen LogP contribution in [-0.4, -0.2) is 32.3 Å². The minimum atomic E-state index is 0.543. The first kappa shape index (κ1) is 11.2. The number of rotatable bonds is 3. The highest BCUT2D eigenvalue weighted by Gasteiger charge is 2.18. The number of hydrogen-bond donors (Lipinski definition) is 1. The van der Waals surface area contributed by atoms with Crippen molar-refractivity contribution in [3.8, 4) is 11.6 Å². The third kappa shape index (κ3) is 2.27.